The zero-order valence-electron chi connectivity index (χ0n) is 20.9. The Morgan fingerprint density at radius 2 is 1.97 bits per heavy atom. The molecule has 1 aliphatic carbocycles. The molecule has 2 aliphatic rings. The van der Waals surface area contributed by atoms with Gasteiger partial charge in [0.2, 0.25) is 0 Å². The Balaban J connectivity index is 1.60. The van der Waals surface area contributed by atoms with Crippen LogP contribution in [0.1, 0.15) is 77.5 Å². The molecule has 10 heteroatoms. The van der Waals surface area contributed by atoms with E-state index in [-0.39, 0.29) is 6.04 Å². The number of aryl methyl sites for hydroxylation is 1. The zero-order valence-corrected chi connectivity index (χ0v) is 20.9. The highest BCUT2D eigenvalue weighted by atomic mass is 16.6. The summed E-state index contributed by atoms with van der Waals surface area (Å²) in [6.07, 6.45) is 10.1. The Labute approximate surface area is 205 Å². The van der Waals surface area contributed by atoms with Crippen molar-refractivity contribution >= 4 is 17.6 Å². The summed E-state index contributed by atoms with van der Waals surface area (Å²) >= 11 is 0. The van der Waals surface area contributed by atoms with Gasteiger partial charge in [0.15, 0.2) is 17.5 Å². The molecule has 10 nitrogen and oxygen atoms in total. The van der Waals surface area contributed by atoms with Crippen molar-refractivity contribution in [2.75, 3.05) is 10.2 Å². The maximum Gasteiger partial charge on any atom is 0.412 e. The smallest absolute Gasteiger partial charge is 0.412 e. The van der Waals surface area contributed by atoms with Crippen molar-refractivity contribution in [3.63, 3.8) is 0 Å². The molecule has 184 valence electrons. The number of amides is 1. The molecule has 1 aliphatic heterocycles. The molecule has 4 heterocycles. The summed E-state index contributed by atoms with van der Waals surface area (Å²) in [5.41, 5.74) is 1.45. The lowest BCUT2D eigenvalue weighted by molar-refractivity contribution is 0.0636. The van der Waals surface area contributed by atoms with Gasteiger partial charge in [-0.05, 0) is 53.0 Å². The van der Waals surface area contributed by atoms with Gasteiger partial charge in [-0.3, -0.25) is 14.9 Å². The van der Waals surface area contributed by atoms with E-state index in [0.29, 0.717) is 23.1 Å². The summed E-state index contributed by atoms with van der Waals surface area (Å²) in [7, 11) is 0. The molecule has 1 atom stereocenters. The third kappa shape index (κ3) is 4.33. The van der Waals surface area contributed by atoms with Gasteiger partial charge in [0.25, 0.3) is 0 Å². The SMILES string of the molecule is CCC1c2nnc(C)n2-c2cnc(-c3ccncc3NC(=O)OC(C)(C)C)nc2N1C1CCCC1. The van der Waals surface area contributed by atoms with Gasteiger partial charge in [-0.1, -0.05) is 19.8 Å². The lowest BCUT2D eigenvalue weighted by atomic mass is 10.0. The fraction of sp³-hybridized carbons (Fsp3) is 0.520. The van der Waals surface area contributed by atoms with Crippen LogP contribution in [0.15, 0.2) is 24.7 Å². The molecule has 0 aromatic carbocycles. The van der Waals surface area contributed by atoms with Crippen LogP contribution in [0.4, 0.5) is 16.3 Å². The number of nitrogens with one attached hydrogen (secondary N) is 1. The van der Waals surface area contributed by atoms with Crippen LogP contribution in [-0.4, -0.2) is 47.5 Å². The summed E-state index contributed by atoms with van der Waals surface area (Å²) in [5, 5.41) is 11.7. The predicted molar refractivity (Wildman–Crippen MR) is 133 cm³/mol. The van der Waals surface area contributed by atoms with Crippen LogP contribution in [0.25, 0.3) is 17.1 Å². The summed E-state index contributed by atoms with van der Waals surface area (Å²) in [5.74, 6) is 3.16. The summed E-state index contributed by atoms with van der Waals surface area (Å²) in [6.45, 7) is 9.61. The second-order valence-corrected chi connectivity index (χ2v) is 10.2. The minimum atomic E-state index is -0.611. The molecule has 5 rings (SSSR count). The molecule has 1 saturated carbocycles. The third-order valence-corrected chi connectivity index (χ3v) is 6.52. The van der Waals surface area contributed by atoms with Crippen LogP contribution in [0.3, 0.4) is 0 Å². The van der Waals surface area contributed by atoms with Crippen LogP contribution in [0.5, 0.6) is 0 Å². The van der Waals surface area contributed by atoms with Crippen molar-refractivity contribution in [3.05, 3.63) is 36.3 Å². The second-order valence-electron chi connectivity index (χ2n) is 10.2. The molecule has 1 N–H and O–H groups in total. The van der Waals surface area contributed by atoms with E-state index in [2.05, 4.69) is 36.9 Å². The molecule has 1 amide bonds. The van der Waals surface area contributed by atoms with Gasteiger partial charge in [-0.25, -0.2) is 14.8 Å². The first-order valence-electron chi connectivity index (χ1n) is 12.3. The van der Waals surface area contributed by atoms with Gasteiger partial charge in [-0.2, -0.15) is 0 Å². The van der Waals surface area contributed by atoms with Gasteiger partial charge >= 0.3 is 6.09 Å². The van der Waals surface area contributed by atoms with Crippen LogP contribution in [0.2, 0.25) is 0 Å². The molecule has 0 saturated heterocycles. The lowest BCUT2D eigenvalue weighted by Gasteiger charge is -2.41. The first kappa shape index (κ1) is 23.2. The molecular weight excluding hydrogens is 444 g/mol. The van der Waals surface area contributed by atoms with E-state index in [0.717, 1.165) is 42.4 Å². The number of rotatable bonds is 4. The van der Waals surface area contributed by atoms with Gasteiger partial charge in [0, 0.05) is 17.8 Å². The van der Waals surface area contributed by atoms with E-state index >= 15 is 0 Å². The molecule has 35 heavy (non-hydrogen) atoms. The molecule has 3 aromatic heterocycles. The second kappa shape index (κ2) is 8.90. The van der Waals surface area contributed by atoms with Gasteiger partial charge in [-0.15, -0.1) is 10.2 Å². The fourth-order valence-electron chi connectivity index (χ4n) is 5.10. The van der Waals surface area contributed by atoms with E-state index in [1.54, 1.807) is 12.4 Å². The Hall–Kier alpha value is -3.56. The minimum absolute atomic E-state index is 0.0892. The number of nitrogens with zero attached hydrogens (tertiary/aromatic N) is 7. The number of pyridine rings is 1. The van der Waals surface area contributed by atoms with Gasteiger partial charge < -0.3 is 9.64 Å². The Kier molecular flexibility index (Phi) is 5.90. The third-order valence-electron chi connectivity index (χ3n) is 6.52. The largest absolute Gasteiger partial charge is 0.444 e. The molecular formula is C25H32N8O2. The fourth-order valence-corrected chi connectivity index (χ4v) is 5.10. The number of hydrogen-bond donors (Lipinski definition) is 1. The molecule has 1 fully saturated rings. The topological polar surface area (TPSA) is 111 Å². The van der Waals surface area contributed by atoms with E-state index in [1.165, 1.54) is 12.8 Å². The van der Waals surface area contributed by atoms with Crippen LogP contribution in [0, 0.1) is 6.92 Å². The first-order chi connectivity index (χ1) is 16.8. The number of carbonyl (C=O) groups excluding carboxylic acids is 1. The quantitative estimate of drug-likeness (QED) is 0.561. The Morgan fingerprint density at radius 3 is 2.69 bits per heavy atom. The average molecular weight is 477 g/mol. The number of carbonyl (C=O) groups is 1. The van der Waals surface area contributed by atoms with Crippen molar-refractivity contribution < 1.29 is 9.53 Å². The number of ether oxygens (including phenoxy) is 1. The van der Waals surface area contributed by atoms with E-state index in [1.807, 2.05) is 40.0 Å². The normalized spacial score (nSPS) is 17.7. The van der Waals surface area contributed by atoms with Crippen molar-refractivity contribution in [2.45, 2.75) is 84.4 Å². The summed E-state index contributed by atoms with van der Waals surface area (Å²) in [6, 6.07) is 2.29. The predicted octanol–water partition coefficient (Wildman–Crippen LogP) is 4.99. The lowest BCUT2D eigenvalue weighted by Crippen LogP contribution is -2.42. The van der Waals surface area contributed by atoms with E-state index in [4.69, 9.17) is 14.7 Å². The molecule has 3 aromatic rings. The zero-order chi connectivity index (χ0) is 24.7. The van der Waals surface area contributed by atoms with Gasteiger partial charge in [0.1, 0.15) is 17.1 Å². The first-order valence-corrected chi connectivity index (χ1v) is 12.3. The van der Waals surface area contributed by atoms with E-state index in [9.17, 15) is 4.79 Å². The van der Waals surface area contributed by atoms with Crippen LogP contribution < -0.4 is 10.2 Å². The highest BCUT2D eigenvalue weighted by Crippen LogP contribution is 2.43. The van der Waals surface area contributed by atoms with Gasteiger partial charge in [0.05, 0.1) is 24.1 Å². The number of anilines is 2. The van der Waals surface area contributed by atoms with E-state index < -0.39 is 11.7 Å². The monoisotopic (exact) mass is 476 g/mol. The Morgan fingerprint density at radius 1 is 1.20 bits per heavy atom. The van der Waals surface area contributed by atoms with Crippen molar-refractivity contribution in [2.24, 2.45) is 0 Å². The van der Waals surface area contributed by atoms with Crippen molar-refractivity contribution in [3.8, 4) is 17.1 Å². The summed E-state index contributed by atoms with van der Waals surface area (Å²) in [4.78, 5) is 28.9. The molecule has 0 radical (unpaired) electrons. The number of aromatic nitrogens is 6. The highest BCUT2D eigenvalue weighted by Gasteiger charge is 2.39. The minimum Gasteiger partial charge on any atom is -0.444 e. The maximum absolute atomic E-state index is 12.5. The standard InChI is InChI=1S/C25H32N8O2/c1-6-19-23-31-30-15(2)32(23)20-14-27-21(29-22(20)33(19)16-9-7-8-10-16)17-11-12-26-13-18(17)28-24(34)35-25(3,4)5/h11-14,16,19H,6-10H2,1-5H3,(H,28,34). The van der Waals surface area contributed by atoms with Crippen LogP contribution in [-0.2, 0) is 4.74 Å². The molecule has 1 unspecified atom stereocenters. The number of fused-ring (bicyclic) bond motifs is 3. The molecule has 0 spiro atoms. The average Bonchev–Trinajstić information content (AvgIpc) is 3.47. The maximum atomic E-state index is 12.5. The Bertz CT molecular complexity index is 1240. The van der Waals surface area contributed by atoms with Crippen LogP contribution >= 0.6 is 0 Å². The summed E-state index contributed by atoms with van der Waals surface area (Å²) < 4.78 is 7.51. The van der Waals surface area contributed by atoms with Crippen molar-refractivity contribution in [1.82, 2.24) is 29.7 Å². The number of hydrogen-bond acceptors (Lipinski definition) is 8. The highest BCUT2D eigenvalue weighted by molar-refractivity contribution is 5.90. The van der Waals surface area contributed by atoms with Crippen molar-refractivity contribution in [1.29, 1.82) is 0 Å². The molecule has 0 bridgehead atoms.